The molecule has 9 nitrogen and oxygen atoms in total. The van der Waals surface area contributed by atoms with E-state index in [1.165, 1.54) is 38.5 Å². The average molecular weight is 713 g/mol. The van der Waals surface area contributed by atoms with E-state index < -0.39 is 11.7 Å². The summed E-state index contributed by atoms with van der Waals surface area (Å²) in [5.74, 6) is 2.72. The summed E-state index contributed by atoms with van der Waals surface area (Å²) in [6.07, 6.45) is 11.8. The molecule has 8 fully saturated rings. The quantitative estimate of drug-likeness (QED) is 0.291. The van der Waals surface area contributed by atoms with Gasteiger partial charge in [0, 0.05) is 24.9 Å². The zero-order valence-electron chi connectivity index (χ0n) is 32.9. The number of carbonyl (C=O) groups is 2. The fourth-order valence-corrected chi connectivity index (χ4v) is 14.3. The van der Waals surface area contributed by atoms with Crippen molar-refractivity contribution in [1.29, 1.82) is 0 Å². The van der Waals surface area contributed by atoms with Gasteiger partial charge in [0.05, 0.1) is 37.6 Å². The number of aliphatic hydroxyl groups is 1. The van der Waals surface area contributed by atoms with Gasteiger partial charge in [0.15, 0.2) is 6.29 Å². The van der Waals surface area contributed by atoms with Crippen molar-refractivity contribution in [3.63, 3.8) is 0 Å². The molecule has 0 radical (unpaired) electrons. The Morgan fingerprint density at radius 3 is 2.43 bits per heavy atom. The van der Waals surface area contributed by atoms with Crippen molar-refractivity contribution < 1.29 is 33.6 Å². The molecule has 5 unspecified atom stereocenters. The van der Waals surface area contributed by atoms with Crippen molar-refractivity contribution in [2.75, 3.05) is 26.2 Å². The lowest BCUT2D eigenvalue weighted by atomic mass is 9.41. The van der Waals surface area contributed by atoms with Gasteiger partial charge in [0.25, 0.3) is 0 Å². The fourth-order valence-electron chi connectivity index (χ4n) is 14.3. The van der Waals surface area contributed by atoms with Gasteiger partial charge in [-0.1, -0.05) is 34.6 Å². The number of hydrogen-bond acceptors (Lipinski definition) is 7. The van der Waals surface area contributed by atoms with Crippen LogP contribution in [0.15, 0.2) is 0 Å². The molecule has 2 N–H and O–H groups in total. The lowest BCUT2D eigenvalue weighted by molar-refractivity contribution is -0.248. The average Bonchev–Trinajstić information content (AvgIpc) is 3.97. The molecule has 2 heterocycles. The van der Waals surface area contributed by atoms with Gasteiger partial charge in [0.1, 0.15) is 5.60 Å². The molecule has 13 atom stereocenters. The van der Waals surface area contributed by atoms with Gasteiger partial charge < -0.3 is 34.3 Å². The second-order valence-corrected chi connectivity index (χ2v) is 20.8. The minimum atomic E-state index is -0.523. The highest BCUT2D eigenvalue weighted by Crippen LogP contribution is 2.89. The molecule has 2 amide bonds. The van der Waals surface area contributed by atoms with Gasteiger partial charge in [-0.2, -0.15) is 0 Å². The van der Waals surface area contributed by atoms with Gasteiger partial charge in [-0.15, -0.1) is 0 Å². The molecule has 2 saturated heterocycles. The number of ether oxygens (including phenoxy) is 4. The van der Waals surface area contributed by atoms with Crippen molar-refractivity contribution in [1.82, 2.24) is 10.2 Å². The maximum absolute atomic E-state index is 12.9. The van der Waals surface area contributed by atoms with Crippen LogP contribution in [0.4, 0.5) is 4.79 Å². The second-order valence-electron chi connectivity index (χ2n) is 20.8. The number of nitrogens with one attached hydrogen (secondary N) is 1. The molecule has 6 saturated carbocycles. The summed E-state index contributed by atoms with van der Waals surface area (Å²) >= 11 is 0. The number of nitrogens with zero attached hydrogens (tertiary/aromatic N) is 1. The van der Waals surface area contributed by atoms with Crippen molar-refractivity contribution in [3.05, 3.63) is 0 Å². The first-order chi connectivity index (χ1) is 23.9. The lowest BCUT2D eigenvalue weighted by Crippen LogP contribution is -2.60. The zero-order chi connectivity index (χ0) is 36.4. The van der Waals surface area contributed by atoms with Crippen LogP contribution < -0.4 is 5.32 Å². The van der Waals surface area contributed by atoms with E-state index >= 15 is 0 Å². The van der Waals surface area contributed by atoms with Gasteiger partial charge >= 0.3 is 6.09 Å². The SMILES string of the molecule is C[C@@H]1CC(CCNC(=O)OC(C)(C)C)OC2C1[C@@]1(C)CC[C@@]34C[C@@]35CCC(OC3CN(C(=O)CC6CC6)CCO3)C(C)(C)[C@@H]5CC[C@H]4[C@]1(C)[C@H]2O. The largest absolute Gasteiger partial charge is 0.444 e. The Morgan fingerprint density at radius 2 is 1.71 bits per heavy atom. The van der Waals surface area contributed by atoms with E-state index in [4.69, 9.17) is 18.9 Å². The van der Waals surface area contributed by atoms with Crippen LogP contribution in [0.3, 0.4) is 0 Å². The maximum atomic E-state index is 12.9. The van der Waals surface area contributed by atoms with Gasteiger partial charge in [-0.25, -0.2) is 4.79 Å². The Labute approximate surface area is 307 Å². The van der Waals surface area contributed by atoms with Crippen molar-refractivity contribution in [2.45, 2.75) is 169 Å². The fraction of sp³-hybridized carbons (Fsp3) is 0.952. The Morgan fingerprint density at radius 1 is 0.980 bits per heavy atom. The molecule has 0 aromatic heterocycles. The van der Waals surface area contributed by atoms with Crippen LogP contribution in [-0.2, 0) is 23.7 Å². The van der Waals surface area contributed by atoms with E-state index in [1.807, 2.05) is 25.7 Å². The molecule has 8 aliphatic rings. The summed E-state index contributed by atoms with van der Waals surface area (Å²) in [6, 6.07) is 0. The summed E-state index contributed by atoms with van der Waals surface area (Å²) in [5, 5.41) is 15.5. The Bertz CT molecular complexity index is 1380. The minimum Gasteiger partial charge on any atom is -0.444 e. The summed E-state index contributed by atoms with van der Waals surface area (Å²) in [7, 11) is 0. The molecule has 288 valence electrons. The standard InChI is InChI=1S/C42H68N2O7/c1-25-21-27(14-18-43-36(47)51-37(2,3)4)49-34-33(25)39(7)16-17-42-24-41(42)15-13-30(38(5,6)28(41)11-12-29(42)40(39,8)35(34)46)50-32-23-44(19-20-48-32)31(45)22-26-9-10-26/h25-30,32-35,46H,9-24H2,1-8H3,(H,43,47)/t25-,27?,28+,29+,30?,32?,33?,34?,35+,39-,40-,41-,42+/m1/s1. The van der Waals surface area contributed by atoms with Gasteiger partial charge in [-0.3, -0.25) is 4.79 Å². The monoisotopic (exact) mass is 713 g/mol. The van der Waals surface area contributed by atoms with Crippen LogP contribution in [0.25, 0.3) is 0 Å². The molecule has 9 heteroatoms. The van der Waals surface area contributed by atoms with Crippen LogP contribution >= 0.6 is 0 Å². The third kappa shape index (κ3) is 5.65. The highest BCUT2D eigenvalue weighted by atomic mass is 16.7. The van der Waals surface area contributed by atoms with E-state index in [0.717, 1.165) is 32.1 Å². The molecule has 0 aromatic rings. The number of morpholine rings is 1. The van der Waals surface area contributed by atoms with Crippen LogP contribution in [0.1, 0.15) is 132 Å². The molecule has 2 spiro atoms. The van der Waals surface area contributed by atoms with Gasteiger partial charge in [-0.05, 0) is 143 Å². The predicted molar refractivity (Wildman–Crippen MR) is 193 cm³/mol. The second kappa shape index (κ2) is 12.3. The lowest BCUT2D eigenvalue weighted by Gasteiger charge is -2.64. The maximum Gasteiger partial charge on any atom is 0.407 e. The van der Waals surface area contributed by atoms with E-state index in [9.17, 15) is 14.7 Å². The Kier molecular flexibility index (Phi) is 8.81. The highest BCUT2D eigenvalue weighted by molar-refractivity contribution is 5.76. The van der Waals surface area contributed by atoms with Gasteiger partial charge in [0.2, 0.25) is 5.91 Å². The van der Waals surface area contributed by atoms with E-state index in [1.54, 1.807) is 0 Å². The number of hydrogen-bond donors (Lipinski definition) is 2. The number of carbonyl (C=O) groups excluding carboxylic acids is 2. The van der Waals surface area contributed by atoms with E-state index in [2.05, 4.69) is 39.9 Å². The van der Waals surface area contributed by atoms with E-state index in [0.29, 0.717) is 67.7 Å². The first-order valence-corrected chi connectivity index (χ1v) is 20.8. The topological polar surface area (TPSA) is 107 Å². The summed E-state index contributed by atoms with van der Waals surface area (Å²) in [4.78, 5) is 27.2. The van der Waals surface area contributed by atoms with Crippen LogP contribution in [0, 0.1) is 56.7 Å². The summed E-state index contributed by atoms with van der Waals surface area (Å²) < 4.78 is 25.4. The predicted octanol–water partition coefficient (Wildman–Crippen LogP) is 7.08. The third-order valence-corrected chi connectivity index (χ3v) is 16.8. The number of rotatable bonds is 7. The molecule has 0 aromatic carbocycles. The molecule has 6 aliphatic carbocycles. The zero-order valence-corrected chi connectivity index (χ0v) is 32.9. The Hall–Kier alpha value is -1.42. The summed E-state index contributed by atoms with van der Waals surface area (Å²) in [5.41, 5.74) is -0.0756. The number of alkyl carbamates (subject to hydrolysis) is 1. The van der Waals surface area contributed by atoms with Crippen LogP contribution in [-0.4, -0.2) is 84.6 Å². The van der Waals surface area contributed by atoms with Crippen molar-refractivity contribution >= 4 is 12.0 Å². The molecule has 2 aliphatic heterocycles. The molecular formula is C42H68N2O7. The molecule has 0 bridgehead atoms. The smallest absolute Gasteiger partial charge is 0.407 e. The summed E-state index contributed by atoms with van der Waals surface area (Å²) in [6.45, 7) is 20.2. The minimum absolute atomic E-state index is 0.0124. The number of amides is 2. The van der Waals surface area contributed by atoms with Crippen LogP contribution in [0.2, 0.25) is 0 Å². The third-order valence-electron chi connectivity index (χ3n) is 16.8. The normalized spacial score (nSPS) is 48.3. The first kappa shape index (κ1) is 36.6. The van der Waals surface area contributed by atoms with E-state index in [-0.39, 0.29) is 58.3 Å². The highest BCUT2D eigenvalue weighted by Gasteiger charge is 2.84. The first-order valence-electron chi connectivity index (χ1n) is 20.8. The van der Waals surface area contributed by atoms with Crippen molar-refractivity contribution in [3.8, 4) is 0 Å². The molecule has 51 heavy (non-hydrogen) atoms. The number of aliphatic hydroxyl groups excluding tert-OH is 1. The molecular weight excluding hydrogens is 644 g/mol. The van der Waals surface area contributed by atoms with Crippen LogP contribution in [0.5, 0.6) is 0 Å². The molecule has 8 rings (SSSR count). The van der Waals surface area contributed by atoms with Crippen molar-refractivity contribution in [2.24, 2.45) is 56.7 Å². The Balaban J connectivity index is 0.947. The number of fused-ring (bicyclic) bond motifs is 4.